The number of fused-ring (bicyclic) bond motifs is 7. The van der Waals surface area contributed by atoms with Gasteiger partial charge < -0.3 is 14.4 Å². The summed E-state index contributed by atoms with van der Waals surface area (Å²) in [5.74, 6) is 2.38. The number of ether oxygens (including phenoxy) is 1. The molecule has 0 amide bonds. The maximum atomic E-state index is 14.0. The van der Waals surface area contributed by atoms with Gasteiger partial charge in [-0.2, -0.15) is 0 Å². The van der Waals surface area contributed by atoms with E-state index in [0.29, 0.717) is 47.2 Å². The minimum absolute atomic E-state index is 0.0138. The van der Waals surface area contributed by atoms with Crippen LogP contribution in [-0.4, -0.2) is 35.0 Å². The highest BCUT2D eigenvalue weighted by atomic mass is 16.5. The molecule has 0 aliphatic heterocycles. The van der Waals surface area contributed by atoms with Gasteiger partial charge in [0.15, 0.2) is 5.76 Å². The summed E-state index contributed by atoms with van der Waals surface area (Å²) in [7, 11) is 3.99. The number of benzene rings is 1. The van der Waals surface area contributed by atoms with Crippen LogP contribution in [-0.2, 0) is 6.61 Å². The van der Waals surface area contributed by atoms with Gasteiger partial charge in [-0.3, -0.25) is 9.69 Å². The molecule has 7 atom stereocenters. The van der Waals surface area contributed by atoms with Gasteiger partial charge in [0, 0.05) is 16.9 Å². The molecule has 0 spiro atoms. The Bertz CT molecular complexity index is 1180. The summed E-state index contributed by atoms with van der Waals surface area (Å²) in [6.07, 6.45) is 5.40. The highest BCUT2D eigenvalue weighted by Crippen LogP contribution is 2.66. The number of ketones is 1. The lowest BCUT2D eigenvalue weighted by Gasteiger charge is -2.50. The number of aliphatic hydroxyl groups is 1. The predicted octanol–water partition coefficient (Wildman–Crippen LogP) is 4.96. The van der Waals surface area contributed by atoms with Crippen LogP contribution in [0.1, 0.15) is 48.0 Å². The van der Waals surface area contributed by atoms with E-state index in [0.717, 1.165) is 12.0 Å². The molecule has 1 unspecified atom stereocenters. The van der Waals surface area contributed by atoms with E-state index in [4.69, 9.17) is 9.26 Å². The van der Waals surface area contributed by atoms with E-state index in [2.05, 4.69) is 36.1 Å². The van der Waals surface area contributed by atoms with Gasteiger partial charge in [0.2, 0.25) is 5.78 Å². The van der Waals surface area contributed by atoms with Gasteiger partial charge in [-0.15, -0.1) is 0 Å². The fourth-order valence-corrected chi connectivity index (χ4v) is 7.42. The SMILES string of the molecule is CC1[C@H]2C=C[C@@H]1[C@@H]1C[C@]3(C)C(=C(O)[C@@H]12)C(=O)c1c(OCc2ccccc2)noc1[C@@H]3N(C)C. The second-order valence-corrected chi connectivity index (χ2v) is 10.7. The van der Waals surface area contributed by atoms with Crippen LogP contribution in [0, 0.1) is 35.0 Å². The first-order valence-corrected chi connectivity index (χ1v) is 11.8. The maximum absolute atomic E-state index is 14.0. The van der Waals surface area contributed by atoms with Crippen molar-refractivity contribution >= 4 is 5.78 Å². The van der Waals surface area contributed by atoms with E-state index < -0.39 is 5.41 Å². The van der Waals surface area contributed by atoms with Crippen LogP contribution < -0.4 is 4.74 Å². The van der Waals surface area contributed by atoms with Gasteiger partial charge in [0.25, 0.3) is 5.88 Å². The number of carbonyl (C=O) groups is 1. The lowest BCUT2D eigenvalue weighted by atomic mass is 9.56. The number of hydrogen-bond acceptors (Lipinski definition) is 6. The van der Waals surface area contributed by atoms with E-state index in [1.165, 1.54) is 0 Å². The monoisotopic (exact) mass is 446 g/mol. The number of aliphatic hydroxyl groups excluding tert-OH is 1. The zero-order valence-electron chi connectivity index (χ0n) is 19.5. The van der Waals surface area contributed by atoms with Gasteiger partial charge in [-0.1, -0.05) is 56.3 Å². The summed E-state index contributed by atoms with van der Waals surface area (Å²) in [6.45, 7) is 4.67. The standard InChI is InChI=1S/C27H30N2O4/c1-14-16-10-11-17(14)19-18(16)12-27(2)21(22(19)30)23(31)20-24(25(27)29(3)4)33-28-26(20)32-13-15-8-6-5-7-9-15/h5-11,14,16-19,25,30H,12-13H2,1-4H3/t14?,16-,17+,18-,19+,25-,27+/m0/s1. The van der Waals surface area contributed by atoms with E-state index in [9.17, 15) is 9.90 Å². The lowest BCUT2D eigenvalue weighted by Crippen LogP contribution is -2.49. The number of aromatic nitrogens is 1. The first-order chi connectivity index (χ1) is 15.8. The second-order valence-electron chi connectivity index (χ2n) is 10.7. The van der Waals surface area contributed by atoms with E-state index in [-0.39, 0.29) is 29.4 Å². The number of Topliss-reactive ketones (excluding diaryl/α,β-unsaturated/α-hetero) is 1. The molecule has 6 rings (SSSR count). The summed E-state index contributed by atoms with van der Waals surface area (Å²) in [5.41, 5.74) is 1.30. The van der Waals surface area contributed by atoms with E-state index in [1.54, 1.807) is 0 Å². The Kier molecular flexibility index (Phi) is 4.44. The normalized spacial score (nSPS) is 36.2. The molecule has 0 radical (unpaired) electrons. The van der Waals surface area contributed by atoms with Gasteiger partial charge >= 0.3 is 0 Å². The molecule has 1 saturated carbocycles. The molecule has 1 heterocycles. The number of allylic oxidation sites excluding steroid dienone is 3. The lowest BCUT2D eigenvalue weighted by molar-refractivity contribution is 0.0421. The molecule has 0 saturated heterocycles. The van der Waals surface area contributed by atoms with Crippen molar-refractivity contribution in [2.24, 2.45) is 35.0 Å². The Balaban J connectivity index is 1.45. The van der Waals surface area contributed by atoms with Crippen LogP contribution in [0.4, 0.5) is 0 Å². The highest BCUT2D eigenvalue weighted by Gasteiger charge is 2.63. The summed E-state index contributed by atoms with van der Waals surface area (Å²) in [4.78, 5) is 16.1. The number of carbonyl (C=O) groups excluding carboxylic acids is 1. The third-order valence-electron chi connectivity index (χ3n) is 8.67. The third kappa shape index (κ3) is 2.70. The molecule has 4 aliphatic rings. The summed E-state index contributed by atoms with van der Waals surface area (Å²) >= 11 is 0. The molecular formula is C27H30N2O4. The Morgan fingerprint density at radius 1 is 1.21 bits per heavy atom. The third-order valence-corrected chi connectivity index (χ3v) is 8.67. The molecular weight excluding hydrogens is 416 g/mol. The van der Waals surface area contributed by atoms with Crippen molar-refractivity contribution in [1.29, 1.82) is 0 Å². The van der Waals surface area contributed by atoms with E-state index in [1.807, 2.05) is 44.4 Å². The zero-order valence-corrected chi connectivity index (χ0v) is 19.5. The average molecular weight is 447 g/mol. The van der Waals surface area contributed by atoms with Crippen molar-refractivity contribution in [3.8, 4) is 5.88 Å². The predicted molar refractivity (Wildman–Crippen MR) is 123 cm³/mol. The van der Waals surface area contributed by atoms with Crippen LogP contribution >= 0.6 is 0 Å². The van der Waals surface area contributed by atoms with Crippen LogP contribution in [0.3, 0.4) is 0 Å². The minimum Gasteiger partial charge on any atom is -0.512 e. The Morgan fingerprint density at radius 3 is 2.67 bits per heavy atom. The van der Waals surface area contributed by atoms with Crippen molar-refractivity contribution in [3.05, 3.63) is 70.7 Å². The molecule has 4 aliphatic carbocycles. The second kappa shape index (κ2) is 7.07. The Morgan fingerprint density at radius 2 is 1.94 bits per heavy atom. The fraction of sp³-hybridized carbons (Fsp3) is 0.481. The average Bonchev–Trinajstić information content (AvgIpc) is 3.43. The molecule has 6 nitrogen and oxygen atoms in total. The Hall–Kier alpha value is -2.86. The molecule has 1 aromatic carbocycles. The van der Waals surface area contributed by atoms with Crippen LogP contribution in [0.25, 0.3) is 0 Å². The summed E-state index contributed by atoms with van der Waals surface area (Å²) < 4.78 is 11.8. The van der Waals surface area contributed by atoms with Crippen molar-refractivity contribution in [2.75, 3.05) is 14.1 Å². The van der Waals surface area contributed by atoms with Crippen molar-refractivity contribution in [2.45, 2.75) is 32.9 Å². The first-order valence-electron chi connectivity index (χ1n) is 11.8. The number of rotatable bonds is 4. The molecule has 1 N–H and O–H groups in total. The van der Waals surface area contributed by atoms with Gasteiger partial charge in [0.05, 0.1) is 6.04 Å². The van der Waals surface area contributed by atoms with Gasteiger partial charge in [-0.05, 0) is 54.9 Å². The maximum Gasteiger partial charge on any atom is 0.266 e. The topological polar surface area (TPSA) is 75.8 Å². The molecule has 33 heavy (non-hydrogen) atoms. The molecule has 172 valence electrons. The minimum atomic E-state index is -0.562. The van der Waals surface area contributed by atoms with E-state index >= 15 is 0 Å². The van der Waals surface area contributed by atoms with Crippen molar-refractivity contribution in [1.82, 2.24) is 10.1 Å². The summed E-state index contributed by atoms with van der Waals surface area (Å²) in [6, 6.07) is 9.55. The number of hydrogen-bond donors (Lipinski definition) is 1. The van der Waals surface area contributed by atoms with Crippen molar-refractivity contribution < 1.29 is 19.2 Å². The molecule has 2 bridgehead atoms. The molecule has 6 heteroatoms. The fourth-order valence-electron chi connectivity index (χ4n) is 7.42. The van der Waals surface area contributed by atoms with Gasteiger partial charge in [0.1, 0.15) is 17.9 Å². The Labute approximate surface area is 193 Å². The molecule has 1 aromatic heterocycles. The van der Waals surface area contributed by atoms with Crippen LogP contribution in [0.5, 0.6) is 5.88 Å². The highest BCUT2D eigenvalue weighted by molar-refractivity contribution is 6.13. The number of nitrogens with zero attached hydrogens (tertiary/aromatic N) is 2. The van der Waals surface area contributed by atoms with Crippen molar-refractivity contribution in [3.63, 3.8) is 0 Å². The smallest absolute Gasteiger partial charge is 0.266 e. The summed E-state index contributed by atoms with van der Waals surface area (Å²) in [5, 5.41) is 15.8. The largest absolute Gasteiger partial charge is 0.512 e. The van der Waals surface area contributed by atoms with Crippen LogP contribution in [0.15, 0.2) is 58.3 Å². The molecule has 1 fully saturated rings. The van der Waals surface area contributed by atoms with Gasteiger partial charge in [-0.25, -0.2) is 0 Å². The molecule has 2 aromatic rings. The zero-order chi connectivity index (χ0) is 23.1. The first kappa shape index (κ1) is 20.7. The quantitative estimate of drug-likeness (QED) is 0.669. The van der Waals surface area contributed by atoms with Crippen LogP contribution in [0.2, 0.25) is 0 Å².